The molecule has 1 aromatic heterocycles. The number of hydrogen-bond donors (Lipinski definition) is 1. The molecular weight excluding hydrogens is 254 g/mol. The maximum atomic E-state index is 5.97. The summed E-state index contributed by atoms with van der Waals surface area (Å²) in [5.41, 5.74) is 6.16. The summed E-state index contributed by atoms with van der Waals surface area (Å²) >= 11 is 5.97. The molecule has 2 N–H and O–H groups in total. The number of halogens is 1. The standard InChI is InChI=1S/C12H14ClN3O2/c1-2-17-10-4-3-8(13)7-9(10)12-15-11(5-6-14)18-16-12/h3-4,7H,2,5-6,14H2,1H3. The van der Waals surface area contributed by atoms with Crippen molar-refractivity contribution >= 4 is 11.6 Å². The monoisotopic (exact) mass is 267 g/mol. The third-order valence-electron chi connectivity index (χ3n) is 2.31. The van der Waals surface area contributed by atoms with Gasteiger partial charge in [0.2, 0.25) is 11.7 Å². The first-order chi connectivity index (χ1) is 8.74. The Morgan fingerprint density at radius 2 is 2.28 bits per heavy atom. The molecule has 0 aliphatic heterocycles. The quantitative estimate of drug-likeness (QED) is 0.900. The highest BCUT2D eigenvalue weighted by molar-refractivity contribution is 6.30. The van der Waals surface area contributed by atoms with Gasteiger partial charge in [-0.05, 0) is 25.1 Å². The molecular formula is C12H14ClN3O2. The molecule has 6 heteroatoms. The Balaban J connectivity index is 2.37. The highest BCUT2D eigenvalue weighted by Gasteiger charge is 2.13. The van der Waals surface area contributed by atoms with Crippen molar-refractivity contribution in [2.45, 2.75) is 13.3 Å². The van der Waals surface area contributed by atoms with Gasteiger partial charge in [0.1, 0.15) is 5.75 Å². The summed E-state index contributed by atoms with van der Waals surface area (Å²) in [6.07, 6.45) is 0.553. The molecule has 0 saturated heterocycles. The van der Waals surface area contributed by atoms with Crippen LogP contribution in [0, 0.1) is 0 Å². The summed E-state index contributed by atoms with van der Waals surface area (Å²) in [7, 11) is 0. The van der Waals surface area contributed by atoms with Crippen molar-refractivity contribution in [3.63, 3.8) is 0 Å². The van der Waals surface area contributed by atoms with Crippen molar-refractivity contribution in [2.75, 3.05) is 13.2 Å². The Bertz CT molecular complexity index is 528. The van der Waals surface area contributed by atoms with Gasteiger partial charge in [0.25, 0.3) is 0 Å². The van der Waals surface area contributed by atoms with Crippen molar-refractivity contribution in [3.05, 3.63) is 29.1 Å². The average molecular weight is 268 g/mol. The Morgan fingerprint density at radius 3 is 3.00 bits per heavy atom. The first-order valence-electron chi connectivity index (χ1n) is 5.70. The first-order valence-corrected chi connectivity index (χ1v) is 6.07. The molecule has 96 valence electrons. The second kappa shape index (κ2) is 5.84. The lowest BCUT2D eigenvalue weighted by molar-refractivity contribution is 0.341. The van der Waals surface area contributed by atoms with E-state index < -0.39 is 0 Å². The van der Waals surface area contributed by atoms with E-state index in [1.54, 1.807) is 18.2 Å². The van der Waals surface area contributed by atoms with Crippen LogP contribution in [-0.4, -0.2) is 23.3 Å². The van der Waals surface area contributed by atoms with E-state index in [1.165, 1.54) is 0 Å². The van der Waals surface area contributed by atoms with Gasteiger partial charge in [-0.15, -0.1) is 0 Å². The Hall–Kier alpha value is -1.59. The number of rotatable bonds is 5. The summed E-state index contributed by atoms with van der Waals surface area (Å²) in [5, 5.41) is 4.50. The number of ether oxygens (including phenoxy) is 1. The van der Waals surface area contributed by atoms with E-state index >= 15 is 0 Å². The van der Waals surface area contributed by atoms with E-state index in [1.807, 2.05) is 6.92 Å². The van der Waals surface area contributed by atoms with Gasteiger partial charge in [-0.25, -0.2) is 0 Å². The SMILES string of the molecule is CCOc1ccc(Cl)cc1-c1noc(CCN)n1. The average Bonchev–Trinajstić information content (AvgIpc) is 2.81. The summed E-state index contributed by atoms with van der Waals surface area (Å²) in [6.45, 7) is 2.94. The highest BCUT2D eigenvalue weighted by Crippen LogP contribution is 2.30. The maximum Gasteiger partial charge on any atom is 0.228 e. The molecule has 0 fully saturated rings. The zero-order valence-corrected chi connectivity index (χ0v) is 10.8. The van der Waals surface area contributed by atoms with E-state index in [0.29, 0.717) is 42.1 Å². The van der Waals surface area contributed by atoms with Gasteiger partial charge in [-0.2, -0.15) is 4.98 Å². The van der Waals surface area contributed by atoms with Gasteiger partial charge in [-0.1, -0.05) is 16.8 Å². The molecule has 0 spiro atoms. The zero-order chi connectivity index (χ0) is 13.0. The van der Waals surface area contributed by atoms with Crippen LogP contribution < -0.4 is 10.5 Å². The highest BCUT2D eigenvalue weighted by atomic mass is 35.5. The van der Waals surface area contributed by atoms with Crippen LogP contribution >= 0.6 is 11.6 Å². The minimum Gasteiger partial charge on any atom is -0.493 e. The Labute approximate surface area is 110 Å². The largest absolute Gasteiger partial charge is 0.493 e. The van der Waals surface area contributed by atoms with Crippen LogP contribution in [0.4, 0.5) is 0 Å². The third kappa shape index (κ3) is 2.80. The van der Waals surface area contributed by atoms with Crippen molar-refractivity contribution in [3.8, 4) is 17.1 Å². The first kappa shape index (κ1) is 12.9. The van der Waals surface area contributed by atoms with E-state index in [-0.39, 0.29) is 0 Å². The molecule has 2 rings (SSSR count). The molecule has 0 aliphatic rings. The van der Waals surface area contributed by atoms with E-state index in [2.05, 4.69) is 10.1 Å². The summed E-state index contributed by atoms with van der Waals surface area (Å²) < 4.78 is 10.6. The fraction of sp³-hybridized carbons (Fsp3) is 0.333. The molecule has 0 radical (unpaired) electrons. The molecule has 0 aliphatic carbocycles. The molecule has 1 heterocycles. The Kier molecular flexibility index (Phi) is 4.17. The third-order valence-corrected chi connectivity index (χ3v) is 2.54. The van der Waals surface area contributed by atoms with Crippen LogP contribution in [-0.2, 0) is 6.42 Å². The van der Waals surface area contributed by atoms with Crippen molar-refractivity contribution in [1.29, 1.82) is 0 Å². The van der Waals surface area contributed by atoms with Crippen LogP contribution in [0.3, 0.4) is 0 Å². The van der Waals surface area contributed by atoms with E-state index in [0.717, 1.165) is 5.56 Å². The van der Waals surface area contributed by atoms with Gasteiger partial charge in [-0.3, -0.25) is 0 Å². The van der Waals surface area contributed by atoms with Crippen molar-refractivity contribution in [2.24, 2.45) is 5.73 Å². The normalized spacial score (nSPS) is 10.6. The van der Waals surface area contributed by atoms with Crippen molar-refractivity contribution in [1.82, 2.24) is 10.1 Å². The van der Waals surface area contributed by atoms with Gasteiger partial charge >= 0.3 is 0 Å². The molecule has 0 atom stereocenters. The molecule has 0 saturated carbocycles. The second-order valence-electron chi connectivity index (χ2n) is 3.62. The van der Waals surface area contributed by atoms with Crippen molar-refractivity contribution < 1.29 is 9.26 Å². The van der Waals surface area contributed by atoms with Crippen LogP contribution in [0.25, 0.3) is 11.4 Å². The van der Waals surface area contributed by atoms with Gasteiger partial charge in [0.15, 0.2) is 0 Å². The molecule has 0 bridgehead atoms. The number of nitrogens with two attached hydrogens (primary N) is 1. The molecule has 1 aromatic carbocycles. The van der Waals surface area contributed by atoms with Gasteiger partial charge < -0.3 is 15.0 Å². The lowest BCUT2D eigenvalue weighted by Crippen LogP contribution is -2.02. The van der Waals surface area contributed by atoms with Gasteiger partial charge in [0, 0.05) is 18.0 Å². The lowest BCUT2D eigenvalue weighted by atomic mass is 10.2. The minimum absolute atomic E-state index is 0.462. The lowest BCUT2D eigenvalue weighted by Gasteiger charge is -2.07. The van der Waals surface area contributed by atoms with Crippen LogP contribution in [0.1, 0.15) is 12.8 Å². The number of benzene rings is 1. The topological polar surface area (TPSA) is 74.2 Å². The molecule has 0 unspecified atom stereocenters. The number of hydrogen-bond acceptors (Lipinski definition) is 5. The molecule has 18 heavy (non-hydrogen) atoms. The molecule has 0 amide bonds. The second-order valence-corrected chi connectivity index (χ2v) is 4.06. The zero-order valence-electron chi connectivity index (χ0n) is 10.0. The fourth-order valence-corrected chi connectivity index (χ4v) is 1.72. The summed E-state index contributed by atoms with van der Waals surface area (Å²) in [5.74, 6) is 1.65. The smallest absolute Gasteiger partial charge is 0.228 e. The molecule has 5 nitrogen and oxygen atoms in total. The Morgan fingerprint density at radius 1 is 1.44 bits per heavy atom. The fourth-order valence-electron chi connectivity index (χ4n) is 1.55. The number of nitrogens with zero attached hydrogens (tertiary/aromatic N) is 2. The van der Waals surface area contributed by atoms with E-state index in [4.69, 9.17) is 26.6 Å². The molecule has 2 aromatic rings. The summed E-state index contributed by atoms with van der Waals surface area (Å²) in [6, 6.07) is 5.31. The maximum absolute atomic E-state index is 5.97. The minimum atomic E-state index is 0.462. The van der Waals surface area contributed by atoms with Crippen LogP contribution in [0.15, 0.2) is 22.7 Å². The number of aromatic nitrogens is 2. The van der Waals surface area contributed by atoms with Gasteiger partial charge in [0.05, 0.1) is 12.2 Å². The van der Waals surface area contributed by atoms with E-state index in [9.17, 15) is 0 Å². The van der Waals surface area contributed by atoms with Crippen LogP contribution in [0.2, 0.25) is 5.02 Å². The predicted octanol–water partition coefficient (Wildman–Crippen LogP) is 2.29. The summed E-state index contributed by atoms with van der Waals surface area (Å²) in [4.78, 5) is 4.26. The van der Waals surface area contributed by atoms with Crippen LogP contribution in [0.5, 0.6) is 5.75 Å². The predicted molar refractivity (Wildman–Crippen MR) is 68.7 cm³/mol.